The number of rotatable bonds is 7. The highest BCUT2D eigenvalue weighted by molar-refractivity contribution is 7.88. The Morgan fingerprint density at radius 2 is 1.85 bits per heavy atom. The van der Waals surface area contributed by atoms with Crippen molar-refractivity contribution in [1.82, 2.24) is 4.72 Å². The van der Waals surface area contributed by atoms with Crippen LogP contribution in [0.15, 0.2) is 36.4 Å². The van der Waals surface area contributed by atoms with Crippen LogP contribution in [-0.4, -0.2) is 20.1 Å². The average Bonchev–Trinajstić information content (AvgIpc) is 3.25. The topological polar surface area (TPSA) is 66.4 Å². The van der Waals surface area contributed by atoms with Crippen LogP contribution in [0.2, 0.25) is 0 Å². The molecule has 1 saturated carbocycles. The highest BCUT2D eigenvalue weighted by Crippen LogP contribution is 2.44. The standard InChI is InChI=1S/C19H24FNO3S2/c1-14(22)17-8-9-18(25-17)19(10-2-3-11-19)13-21-26(23,24)12-15-4-6-16(20)7-5-15/h4-9,14,21-22H,2-3,10-13H2,1H3. The van der Waals surface area contributed by atoms with Gasteiger partial charge < -0.3 is 5.11 Å². The van der Waals surface area contributed by atoms with Gasteiger partial charge in [0.25, 0.3) is 0 Å². The molecule has 0 aliphatic heterocycles. The Kier molecular flexibility index (Phi) is 5.81. The summed E-state index contributed by atoms with van der Waals surface area (Å²) in [4.78, 5) is 2.04. The average molecular weight is 398 g/mol. The molecule has 1 fully saturated rings. The van der Waals surface area contributed by atoms with Crippen molar-refractivity contribution in [3.8, 4) is 0 Å². The second kappa shape index (κ2) is 7.76. The Labute approximate surface area is 158 Å². The van der Waals surface area contributed by atoms with Gasteiger partial charge in [-0.1, -0.05) is 25.0 Å². The SMILES string of the molecule is CC(O)c1ccc(C2(CNS(=O)(=O)Cc3ccc(F)cc3)CCCC2)s1. The molecule has 0 amide bonds. The number of hydrogen-bond acceptors (Lipinski definition) is 4. The third-order valence-electron chi connectivity index (χ3n) is 5.02. The molecule has 1 aliphatic rings. The van der Waals surface area contributed by atoms with Crippen LogP contribution in [-0.2, 0) is 21.2 Å². The third-order valence-corrected chi connectivity index (χ3v) is 7.82. The molecule has 1 aromatic carbocycles. The maximum atomic E-state index is 13.0. The van der Waals surface area contributed by atoms with Crippen molar-refractivity contribution in [3.05, 3.63) is 57.5 Å². The van der Waals surface area contributed by atoms with E-state index in [1.165, 1.54) is 24.3 Å². The zero-order valence-electron chi connectivity index (χ0n) is 14.7. The first kappa shape index (κ1) is 19.5. The van der Waals surface area contributed by atoms with E-state index in [4.69, 9.17) is 0 Å². The van der Waals surface area contributed by atoms with Gasteiger partial charge in [-0.3, -0.25) is 0 Å². The zero-order chi connectivity index (χ0) is 18.8. The van der Waals surface area contributed by atoms with Gasteiger partial charge in [0, 0.05) is 21.7 Å². The lowest BCUT2D eigenvalue weighted by Crippen LogP contribution is -2.39. The Hall–Kier alpha value is -1.28. The summed E-state index contributed by atoms with van der Waals surface area (Å²) < 4.78 is 40.7. The van der Waals surface area contributed by atoms with Gasteiger partial charge in [-0.25, -0.2) is 17.5 Å². The fourth-order valence-electron chi connectivity index (χ4n) is 3.52. The van der Waals surface area contributed by atoms with Gasteiger partial charge >= 0.3 is 0 Å². The molecule has 26 heavy (non-hydrogen) atoms. The molecular formula is C19H24FNO3S2. The molecule has 0 spiro atoms. The Morgan fingerprint density at radius 1 is 1.19 bits per heavy atom. The lowest BCUT2D eigenvalue weighted by atomic mass is 9.85. The summed E-state index contributed by atoms with van der Waals surface area (Å²) in [5.74, 6) is -0.539. The zero-order valence-corrected chi connectivity index (χ0v) is 16.4. The van der Waals surface area contributed by atoms with Crippen LogP contribution in [0.25, 0.3) is 0 Å². The molecule has 0 bridgehead atoms. The van der Waals surface area contributed by atoms with Crippen LogP contribution in [0.5, 0.6) is 0 Å². The van der Waals surface area contributed by atoms with Crippen LogP contribution < -0.4 is 4.72 Å². The van der Waals surface area contributed by atoms with E-state index < -0.39 is 16.1 Å². The summed E-state index contributed by atoms with van der Waals surface area (Å²) in [7, 11) is -3.51. The second-order valence-electron chi connectivity index (χ2n) is 7.07. The van der Waals surface area contributed by atoms with Crippen LogP contribution in [0.1, 0.15) is 54.0 Å². The van der Waals surface area contributed by atoms with Gasteiger partial charge in [-0.05, 0) is 49.6 Å². The van der Waals surface area contributed by atoms with E-state index in [-0.39, 0.29) is 17.0 Å². The third kappa shape index (κ3) is 4.52. The molecule has 1 aliphatic carbocycles. The Bertz CT molecular complexity index is 838. The molecule has 2 N–H and O–H groups in total. The van der Waals surface area contributed by atoms with E-state index in [0.717, 1.165) is 35.4 Å². The number of nitrogens with one attached hydrogen (secondary N) is 1. The fraction of sp³-hybridized carbons (Fsp3) is 0.474. The minimum atomic E-state index is -3.51. The maximum Gasteiger partial charge on any atom is 0.215 e. The summed E-state index contributed by atoms with van der Waals surface area (Å²) >= 11 is 1.57. The summed E-state index contributed by atoms with van der Waals surface area (Å²) in [6, 6.07) is 9.48. The molecule has 1 aromatic heterocycles. The maximum absolute atomic E-state index is 13.0. The van der Waals surface area contributed by atoms with Crippen LogP contribution >= 0.6 is 11.3 Å². The van der Waals surface area contributed by atoms with Gasteiger partial charge in [-0.2, -0.15) is 0 Å². The molecule has 4 nitrogen and oxygen atoms in total. The van der Waals surface area contributed by atoms with Gasteiger partial charge in [-0.15, -0.1) is 11.3 Å². The van der Waals surface area contributed by atoms with Gasteiger partial charge in [0.1, 0.15) is 5.82 Å². The molecule has 2 aromatic rings. The van der Waals surface area contributed by atoms with E-state index in [1.54, 1.807) is 18.3 Å². The first-order chi connectivity index (χ1) is 12.3. The van der Waals surface area contributed by atoms with Crippen molar-refractivity contribution in [2.75, 3.05) is 6.54 Å². The van der Waals surface area contributed by atoms with Crippen molar-refractivity contribution in [3.63, 3.8) is 0 Å². The molecular weight excluding hydrogens is 373 g/mol. The van der Waals surface area contributed by atoms with Crippen LogP contribution in [0, 0.1) is 5.82 Å². The number of aliphatic hydroxyl groups is 1. The van der Waals surface area contributed by atoms with Crippen LogP contribution in [0.3, 0.4) is 0 Å². The molecule has 142 valence electrons. The quantitative estimate of drug-likeness (QED) is 0.745. The van der Waals surface area contributed by atoms with Crippen molar-refractivity contribution in [2.24, 2.45) is 0 Å². The van der Waals surface area contributed by atoms with Crippen molar-refractivity contribution >= 4 is 21.4 Å². The summed E-state index contributed by atoms with van der Waals surface area (Å²) in [6.45, 7) is 2.10. The molecule has 3 rings (SSSR count). The minimum absolute atomic E-state index is 0.160. The lowest BCUT2D eigenvalue weighted by molar-refractivity contribution is 0.203. The van der Waals surface area contributed by atoms with E-state index in [2.05, 4.69) is 4.72 Å². The molecule has 7 heteroatoms. The van der Waals surface area contributed by atoms with Crippen LogP contribution in [0.4, 0.5) is 4.39 Å². The molecule has 0 radical (unpaired) electrons. The van der Waals surface area contributed by atoms with E-state index in [0.29, 0.717) is 12.1 Å². The minimum Gasteiger partial charge on any atom is -0.388 e. The highest BCUT2D eigenvalue weighted by atomic mass is 32.2. The van der Waals surface area contributed by atoms with E-state index >= 15 is 0 Å². The first-order valence-corrected chi connectivity index (χ1v) is 11.3. The Morgan fingerprint density at radius 3 is 2.42 bits per heavy atom. The normalized spacial score (nSPS) is 18.1. The van der Waals surface area contributed by atoms with E-state index in [1.807, 2.05) is 12.1 Å². The molecule has 0 saturated heterocycles. The molecule has 1 atom stereocenters. The molecule has 1 heterocycles. The summed E-state index contributed by atoms with van der Waals surface area (Å²) in [6.07, 6.45) is 3.50. The monoisotopic (exact) mass is 397 g/mol. The number of sulfonamides is 1. The smallest absolute Gasteiger partial charge is 0.215 e. The van der Waals surface area contributed by atoms with Crippen molar-refractivity contribution < 1.29 is 17.9 Å². The predicted molar refractivity (Wildman–Crippen MR) is 102 cm³/mol. The van der Waals surface area contributed by atoms with Gasteiger partial charge in [0.2, 0.25) is 10.0 Å². The highest BCUT2D eigenvalue weighted by Gasteiger charge is 2.38. The van der Waals surface area contributed by atoms with Crippen molar-refractivity contribution in [1.29, 1.82) is 0 Å². The van der Waals surface area contributed by atoms with Gasteiger partial charge in [0.15, 0.2) is 0 Å². The number of aliphatic hydroxyl groups excluding tert-OH is 1. The largest absolute Gasteiger partial charge is 0.388 e. The summed E-state index contributed by atoms with van der Waals surface area (Å²) in [5, 5.41) is 9.78. The Balaban J connectivity index is 1.72. The fourth-order valence-corrected chi connectivity index (χ4v) is 5.94. The second-order valence-corrected chi connectivity index (χ2v) is 9.99. The van der Waals surface area contributed by atoms with E-state index in [9.17, 15) is 17.9 Å². The number of halogens is 1. The number of thiophene rings is 1. The number of benzene rings is 1. The first-order valence-electron chi connectivity index (χ1n) is 8.80. The lowest BCUT2D eigenvalue weighted by Gasteiger charge is -2.28. The number of hydrogen-bond donors (Lipinski definition) is 2. The van der Waals surface area contributed by atoms with Crippen molar-refractivity contribution in [2.45, 2.75) is 49.9 Å². The summed E-state index contributed by atoms with van der Waals surface area (Å²) in [5.41, 5.74) is 0.361. The molecule has 1 unspecified atom stereocenters. The van der Waals surface area contributed by atoms with Gasteiger partial charge in [0.05, 0.1) is 11.9 Å². The predicted octanol–water partition coefficient (Wildman–Crippen LogP) is 3.87.